The summed E-state index contributed by atoms with van der Waals surface area (Å²) in [5.41, 5.74) is 8.32. The molecule has 2 aromatic heterocycles. The number of rotatable bonds is 2. The standard InChI is InChI=1S/C46H26O2/c1-2-13-28-27(12-1)24-25-40-44(28)45-31-16-4-3-14-29(31)38(26-41(45)47-40)43-34-19-7-5-17-32(34)42(33-18-6-8-20-35(33)43)37-22-11-21-36-30-15-9-10-23-39(30)48-46(36)37/h1-26H. The van der Waals surface area contributed by atoms with Crippen molar-refractivity contribution in [1.82, 2.24) is 0 Å². The van der Waals surface area contributed by atoms with Crippen LogP contribution in [0.1, 0.15) is 0 Å². The van der Waals surface area contributed by atoms with Crippen LogP contribution in [-0.4, -0.2) is 0 Å². The van der Waals surface area contributed by atoms with Gasteiger partial charge >= 0.3 is 0 Å². The van der Waals surface area contributed by atoms with Gasteiger partial charge in [-0.05, 0) is 72.4 Å². The van der Waals surface area contributed by atoms with Crippen LogP contribution in [0.2, 0.25) is 0 Å². The first-order chi connectivity index (χ1) is 23.8. The lowest BCUT2D eigenvalue weighted by atomic mass is 9.84. The summed E-state index contributed by atoms with van der Waals surface area (Å²) in [7, 11) is 0. The molecule has 0 unspecified atom stereocenters. The molecular weight excluding hydrogens is 585 g/mol. The van der Waals surface area contributed by atoms with Crippen LogP contribution in [0.15, 0.2) is 167 Å². The lowest BCUT2D eigenvalue weighted by molar-refractivity contribution is 0.669. The number of fused-ring (bicyclic) bond motifs is 12. The molecule has 0 saturated heterocycles. The van der Waals surface area contributed by atoms with Gasteiger partial charge in [-0.1, -0.05) is 140 Å². The summed E-state index contributed by atoms with van der Waals surface area (Å²) in [6.07, 6.45) is 0. The zero-order valence-electron chi connectivity index (χ0n) is 25.8. The summed E-state index contributed by atoms with van der Waals surface area (Å²) in [5.74, 6) is 0. The maximum absolute atomic E-state index is 6.71. The molecule has 0 fully saturated rings. The fourth-order valence-electron chi connectivity index (χ4n) is 8.26. The minimum absolute atomic E-state index is 0.902. The SMILES string of the molecule is c1ccc2c(c1)ccc1oc3cc(-c4c5ccccc5c(-c5cccc6c5oc5ccccc56)c5ccccc45)c4ccccc4c3c12. The topological polar surface area (TPSA) is 26.3 Å². The van der Waals surface area contributed by atoms with Crippen LogP contribution in [0.3, 0.4) is 0 Å². The molecule has 0 saturated carbocycles. The zero-order valence-corrected chi connectivity index (χ0v) is 25.8. The molecule has 222 valence electrons. The molecule has 2 heterocycles. The van der Waals surface area contributed by atoms with Crippen molar-refractivity contribution < 1.29 is 8.83 Å². The largest absolute Gasteiger partial charge is 0.456 e. The number of para-hydroxylation sites is 2. The smallest absolute Gasteiger partial charge is 0.143 e. The highest BCUT2D eigenvalue weighted by atomic mass is 16.3. The molecule has 11 aromatic rings. The molecule has 0 aliphatic carbocycles. The van der Waals surface area contributed by atoms with Gasteiger partial charge in [-0.3, -0.25) is 0 Å². The highest BCUT2D eigenvalue weighted by Gasteiger charge is 2.23. The van der Waals surface area contributed by atoms with E-state index in [1.165, 1.54) is 70.6 Å². The Balaban J connectivity index is 1.30. The van der Waals surface area contributed by atoms with Crippen LogP contribution in [0.5, 0.6) is 0 Å². The van der Waals surface area contributed by atoms with Gasteiger partial charge in [0.1, 0.15) is 22.3 Å². The Morgan fingerprint density at radius 2 is 0.833 bits per heavy atom. The maximum Gasteiger partial charge on any atom is 0.143 e. The van der Waals surface area contributed by atoms with Crippen LogP contribution in [0.4, 0.5) is 0 Å². The Bertz CT molecular complexity index is 3060. The number of furan rings is 2. The van der Waals surface area contributed by atoms with Crippen molar-refractivity contribution in [3.63, 3.8) is 0 Å². The summed E-state index contributed by atoms with van der Waals surface area (Å²) in [6, 6.07) is 56.5. The molecule has 48 heavy (non-hydrogen) atoms. The summed E-state index contributed by atoms with van der Waals surface area (Å²) >= 11 is 0. The third kappa shape index (κ3) is 3.41. The first-order valence-electron chi connectivity index (χ1n) is 16.4. The van der Waals surface area contributed by atoms with Gasteiger partial charge in [-0.2, -0.15) is 0 Å². The molecule has 0 N–H and O–H groups in total. The minimum atomic E-state index is 0.902. The van der Waals surface area contributed by atoms with Crippen molar-refractivity contribution in [1.29, 1.82) is 0 Å². The lowest BCUT2D eigenvalue weighted by Gasteiger charge is -2.19. The third-order valence-electron chi connectivity index (χ3n) is 10.2. The molecule has 0 amide bonds. The summed E-state index contributed by atoms with van der Waals surface area (Å²) in [4.78, 5) is 0. The van der Waals surface area contributed by atoms with Crippen molar-refractivity contribution in [2.45, 2.75) is 0 Å². The highest BCUT2D eigenvalue weighted by Crippen LogP contribution is 2.49. The Labute approximate surface area is 275 Å². The first-order valence-corrected chi connectivity index (χ1v) is 16.4. The van der Waals surface area contributed by atoms with Crippen molar-refractivity contribution in [2.24, 2.45) is 0 Å². The van der Waals surface area contributed by atoms with E-state index >= 15 is 0 Å². The van der Waals surface area contributed by atoms with Crippen LogP contribution in [0, 0.1) is 0 Å². The molecule has 0 atom stereocenters. The molecule has 2 heteroatoms. The van der Waals surface area contributed by atoms with Gasteiger partial charge in [-0.15, -0.1) is 0 Å². The van der Waals surface area contributed by atoms with Crippen molar-refractivity contribution in [3.8, 4) is 22.3 Å². The summed E-state index contributed by atoms with van der Waals surface area (Å²) in [5, 5.41) is 14.2. The van der Waals surface area contributed by atoms with Gasteiger partial charge in [0.2, 0.25) is 0 Å². The number of benzene rings is 9. The van der Waals surface area contributed by atoms with E-state index in [2.05, 4.69) is 152 Å². The quantitative estimate of drug-likeness (QED) is 0.182. The molecule has 0 spiro atoms. The molecule has 11 rings (SSSR count). The summed E-state index contributed by atoms with van der Waals surface area (Å²) in [6.45, 7) is 0. The Kier molecular flexibility index (Phi) is 5.14. The fraction of sp³-hybridized carbons (Fsp3) is 0. The van der Waals surface area contributed by atoms with Gasteiger partial charge < -0.3 is 8.83 Å². The summed E-state index contributed by atoms with van der Waals surface area (Å²) < 4.78 is 13.3. The molecular formula is C46H26O2. The molecule has 0 bridgehead atoms. The molecule has 0 radical (unpaired) electrons. The van der Waals surface area contributed by atoms with E-state index in [0.717, 1.165) is 38.7 Å². The van der Waals surface area contributed by atoms with Crippen LogP contribution in [-0.2, 0) is 0 Å². The third-order valence-corrected chi connectivity index (χ3v) is 10.2. The van der Waals surface area contributed by atoms with Gasteiger partial charge in [0.25, 0.3) is 0 Å². The average Bonchev–Trinajstić information content (AvgIpc) is 3.73. The second-order valence-electron chi connectivity index (χ2n) is 12.7. The lowest BCUT2D eigenvalue weighted by Crippen LogP contribution is -1.92. The molecule has 0 aliphatic heterocycles. The van der Waals surface area contributed by atoms with E-state index in [1.807, 2.05) is 6.07 Å². The second-order valence-corrected chi connectivity index (χ2v) is 12.7. The zero-order chi connectivity index (χ0) is 31.3. The normalized spacial score (nSPS) is 12.2. The predicted molar refractivity (Wildman–Crippen MR) is 202 cm³/mol. The average molecular weight is 611 g/mol. The van der Waals surface area contributed by atoms with Crippen LogP contribution in [0.25, 0.3) is 109 Å². The van der Waals surface area contributed by atoms with E-state index in [9.17, 15) is 0 Å². The van der Waals surface area contributed by atoms with Gasteiger partial charge in [0.15, 0.2) is 0 Å². The maximum atomic E-state index is 6.71. The molecule has 0 aliphatic rings. The van der Waals surface area contributed by atoms with Crippen LogP contribution < -0.4 is 0 Å². The fourth-order valence-corrected chi connectivity index (χ4v) is 8.26. The van der Waals surface area contributed by atoms with Gasteiger partial charge in [0.05, 0.1) is 0 Å². The number of hydrogen-bond donors (Lipinski definition) is 0. The second kappa shape index (κ2) is 9.57. The number of hydrogen-bond acceptors (Lipinski definition) is 2. The Hall–Kier alpha value is -6.38. The van der Waals surface area contributed by atoms with Gasteiger partial charge in [-0.25, -0.2) is 0 Å². The monoisotopic (exact) mass is 610 g/mol. The molecule has 9 aromatic carbocycles. The van der Waals surface area contributed by atoms with E-state index < -0.39 is 0 Å². The van der Waals surface area contributed by atoms with Crippen molar-refractivity contribution >= 4 is 87.0 Å². The minimum Gasteiger partial charge on any atom is -0.456 e. The van der Waals surface area contributed by atoms with E-state index in [0.29, 0.717) is 0 Å². The Morgan fingerprint density at radius 3 is 1.56 bits per heavy atom. The van der Waals surface area contributed by atoms with Crippen molar-refractivity contribution in [3.05, 3.63) is 158 Å². The highest BCUT2D eigenvalue weighted by molar-refractivity contribution is 6.31. The van der Waals surface area contributed by atoms with E-state index in [-0.39, 0.29) is 0 Å². The van der Waals surface area contributed by atoms with E-state index in [1.54, 1.807) is 0 Å². The van der Waals surface area contributed by atoms with Crippen molar-refractivity contribution in [2.75, 3.05) is 0 Å². The Morgan fingerprint density at radius 1 is 0.292 bits per heavy atom. The van der Waals surface area contributed by atoms with E-state index in [4.69, 9.17) is 8.83 Å². The predicted octanol–water partition coefficient (Wildman–Crippen LogP) is 13.4. The van der Waals surface area contributed by atoms with Gasteiger partial charge in [0, 0.05) is 32.7 Å². The first kappa shape index (κ1) is 25.8. The van der Waals surface area contributed by atoms with Crippen LogP contribution >= 0.6 is 0 Å². The molecule has 2 nitrogen and oxygen atoms in total.